The molecule has 1 N–H and O–H groups in total. The molecular weight excluding hydrogens is 342 g/mol. The number of thiophene rings is 1. The second kappa shape index (κ2) is 6.29. The number of carbonyl (C=O) groups is 1. The number of hydrogen-bond donors (Lipinski definition) is 1. The first-order valence-electron chi connectivity index (χ1n) is 7.42. The Kier molecular flexibility index (Phi) is 3.99. The molecule has 24 heavy (non-hydrogen) atoms. The Morgan fingerprint density at radius 1 is 1.38 bits per heavy atom. The molecule has 4 aromatic rings. The second-order valence-corrected chi connectivity index (χ2v) is 7.16. The monoisotopic (exact) mass is 357 g/mol. The van der Waals surface area contributed by atoms with Crippen LogP contribution in [-0.2, 0) is 11.3 Å². The molecule has 0 aliphatic heterocycles. The summed E-state index contributed by atoms with van der Waals surface area (Å²) in [4.78, 5) is 18.6. The number of fused-ring (bicyclic) bond motifs is 3. The predicted octanol–water partition coefficient (Wildman–Crippen LogP) is 3.02. The van der Waals surface area contributed by atoms with Gasteiger partial charge in [0, 0.05) is 13.6 Å². The van der Waals surface area contributed by atoms with Gasteiger partial charge in [-0.2, -0.15) is 11.3 Å². The van der Waals surface area contributed by atoms with Crippen molar-refractivity contribution < 1.29 is 4.79 Å². The molecule has 0 radical (unpaired) electrons. The van der Waals surface area contributed by atoms with E-state index in [-0.39, 0.29) is 5.91 Å². The van der Waals surface area contributed by atoms with Gasteiger partial charge in [0.1, 0.15) is 0 Å². The molecule has 6 nitrogen and oxygen atoms in total. The fourth-order valence-corrected chi connectivity index (χ4v) is 4.08. The largest absolute Gasteiger partial charge is 0.341 e. The molecule has 0 bridgehead atoms. The number of para-hydroxylation sites is 2. The third-order valence-electron chi connectivity index (χ3n) is 3.75. The van der Waals surface area contributed by atoms with Crippen LogP contribution in [0.25, 0.3) is 16.8 Å². The normalized spacial score (nSPS) is 11.4. The Morgan fingerprint density at radius 2 is 2.25 bits per heavy atom. The van der Waals surface area contributed by atoms with E-state index in [4.69, 9.17) is 0 Å². The number of imidazole rings is 1. The van der Waals surface area contributed by atoms with Gasteiger partial charge >= 0.3 is 0 Å². The van der Waals surface area contributed by atoms with Crippen molar-refractivity contribution in [2.45, 2.75) is 11.7 Å². The summed E-state index contributed by atoms with van der Waals surface area (Å²) in [6, 6.07) is 9.93. The summed E-state index contributed by atoms with van der Waals surface area (Å²) < 4.78 is 1.95. The number of amides is 1. The van der Waals surface area contributed by atoms with Gasteiger partial charge < -0.3 is 4.90 Å². The third-order valence-corrected chi connectivity index (χ3v) is 5.41. The van der Waals surface area contributed by atoms with Crippen molar-refractivity contribution in [3.05, 3.63) is 46.7 Å². The summed E-state index contributed by atoms with van der Waals surface area (Å²) in [6.07, 6.45) is 0. The molecule has 4 rings (SSSR count). The number of aromatic amines is 1. The Balaban J connectivity index is 1.49. The summed E-state index contributed by atoms with van der Waals surface area (Å²) in [6.45, 7) is 0.632. The SMILES string of the molecule is CN(Cc1ccsc1)C(=O)CSc1n[nH]c2nc3ccccc3n12. The van der Waals surface area contributed by atoms with Crippen molar-refractivity contribution in [1.82, 2.24) is 24.5 Å². The fraction of sp³-hybridized carbons (Fsp3) is 0.188. The summed E-state index contributed by atoms with van der Waals surface area (Å²) in [5.41, 5.74) is 3.06. The zero-order valence-corrected chi connectivity index (χ0v) is 14.6. The quantitative estimate of drug-likeness (QED) is 0.558. The van der Waals surface area contributed by atoms with Crippen LogP contribution in [0.15, 0.2) is 46.2 Å². The van der Waals surface area contributed by atoms with E-state index < -0.39 is 0 Å². The number of nitrogens with one attached hydrogen (secondary N) is 1. The minimum Gasteiger partial charge on any atom is -0.341 e. The first-order valence-corrected chi connectivity index (χ1v) is 9.34. The molecule has 0 spiro atoms. The highest BCUT2D eigenvalue weighted by Crippen LogP contribution is 2.23. The van der Waals surface area contributed by atoms with Crippen molar-refractivity contribution in [1.29, 1.82) is 0 Å². The zero-order valence-electron chi connectivity index (χ0n) is 13.0. The van der Waals surface area contributed by atoms with Gasteiger partial charge in [0.05, 0.1) is 16.8 Å². The van der Waals surface area contributed by atoms with E-state index in [0.717, 1.165) is 21.8 Å². The molecule has 122 valence electrons. The summed E-state index contributed by atoms with van der Waals surface area (Å²) in [5.74, 6) is 1.11. The lowest BCUT2D eigenvalue weighted by Gasteiger charge is -2.15. The molecule has 0 saturated carbocycles. The molecule has 0 unspecified atom stereocenters. The van der Waals surface area contributed by atoms with E-state index in [0.29, 0.717) is 18.1 Å². The molecule has 8 heteroatoms. The smallest absolute Gasteiger partial charge is 0.233 e. The number of hydrogen-bond acceptors (Lipinski definition) is 5. The maximum atomic E-state index is 12.3. The van der Waals surface area contributed by atoms with Crippen LogP contribution >= 0.6 is 23.1 Å². The van der Waals surface area contributed by atoms with E-state index in [1.54, 1.807) is 16.2 Å². The molecule has 0 saturated heterocycles. The Labute approximate surface area is 146 Å². The van der Waals surface area contributed by atoms with Gasteiger partial charge in [0.15, 0.2) is 5.16 Å². The van der Waals surface area contributed by atoms with Crippen molar-refractivity contribution in [2.24, 2.45) is 0 Å². The highest BCUT2D eigenvalue weighted by molar-refractivity contribution is 7.99. The third kappa shape index (κ3) is 2.78. The molecule has 1 aromatic carbocycles. The van der Waals surface area contributed by atoms with Gasteiger partial charge in [-0.25, -0.2) is 10.1 Å². The lowest BCUT2D eigenvalue weighted by molar-refractivity contribution is -0.127. The van der Waals surface area contributed by atoms with Crippen molar-refractivity contribution in [2.75, 3.05) is 12.8 Å². The minimum absolute atomic E-state index is 0.0757. The van der Waals surface area contributed by atoms with Crippen LogP contribution in [0.1, 0.15) is 5.56 Å². The maximum absolute atomic E-state index is 12.3. The average Bonchev–Trinajstić information content (AvgIpc) is 3.29. The first kappa shape index (κ1) is 15.2. The van der Waals surface area contributed by atoms with Crippen molar-refractivity contribution >= 4 is 45.8 Å². The lowest BCUT2D eigenvalue weighted by atomic mass is 10.3. The fourth-order valence-electron chi connectivity index (χ4n) is 2.52. The molecule has 0 aliphatic rings. The number of thioether (sulfide) groups is 1. The maximum Gasteiger partial charge on any atom is 0.233 e. The van der Waals surface area contributed by atoms with E-state index in [1.165, 1.54) is 11.8 Å². The van der Waals surface area contributed by atoms with Crippen LogP contribution in [0.4, 0.5) is 0 Å². The van der Waals surface area contributed by atoms with Crippen LogP contribution in [0.5, 0.6) is 0 Å². The van der Waals surface area contributed by atoms with Crippen molar-refractivity contribution in [3.63, 3.8) is 0 Å². The summed E-state index contributed by atoms with van der Waals surface area (Å²) >= 11 is 3.06. The topological polar surface area (TPSA) is 66.3 Å². The zero-order chi connectivity index (χ0) is 16.5. The van der Waals surface area contributed by atoms with Gasteiger partial charge in [-0.05, 0) is 34.5 Å². The molecular formula is C16H15N5OS2. The van der Waals surface area contributed by atoms with Gasteiger partial charge in [-0.15, -0.1) is 5.10 Å². The molecule has 3 heterocycles. The van der Waals surface area contributed by atoms with E-state index in [1.807, 2.05) is 47.2 Å². The number of carbonyl (C=O) groups excluding carboxylic acids is 1. The molecule has 0 aliphatic carbocycles. The highest BCUT2D eigenvalue weighted by Gasteiger charge is 2.15. The Morgan fingerprint density at radius 3 is 3.08 bits per heavy atom. The number of aromatic nitrogens is 4. The molecule has 0 fully saturated rings. The summed E-state index contributed by atoms with van der Waals surface area (Å²) in [5, 5.41) is 12.0. The van der Waals surface area contributed by atoms with Gasteiger partial charge in [0.25, 0.3) is 0 Å². The van der Waals surface area contributed by atoms with Gasteiger partial charge in [-0.1, -0.05) is 23.9 Å². The first-order chi connectivity index (χ1) is 11.7. The lowest BCUT2D eigenvalue weighted by Crippen LogP contribution is -2.27. The number of H-pyrrole nitrogens is 1. The predicted molar refractivity (Wildman–Crippen MR) is 96.4 cm³/mol. The van der Waals surface area contributed by atoms with Gasteiger partial charge in [-0.3, -0.25) is 9.20 Å². The number of benzene rings is 1. The second-order valence-electron chi connectivity index (χ2n) is 5.44. The average molecular weight is 357 g/mol. The van der Waals surface area contributed by atoms with Crippen molar-refractivity contribution in [3.8, 4) is 0 Å². The summed E-state index contributed by atoms with van der Waals surface area (Å²) in [7, 11) is 1.83. The standard InChI is InChI=1S/C16H15N5OS2/c1-20(8-11-6-7-23-9-11)14(22)10-24-16-19-18-15-17-12-4-2-3-5-13(12)21(15)16/h2-7,9H,8,10H2,1H3,(H,17,18). The van der Waals surface area contributed by atoms with Crippen LogP contribution in [0.2, 0.25) is 0 Å². The van der Waals surface area contributed by atoms with E-state index >= 15 is 0 Å². The number of nitrogens with zero attached hydrogens (tertiary/aromatic N) is 4. The van der Waals surface area contributed by atoms with E-state index in [2.05, 4.69) is 20.6 Å². The van der Waals surface area contributed by atoms with Crippen LogP contribution in [0, 0.1) is 0 Å². The highest BCUT2D eigenvalue weighted by atomic mass is 32.2. The number of rotatable bonds is 5. The van der Waals surface area contributed by atoms with Crippen LogP contribution in [-0.4, -0.2) is 43.2 Å². The minimum atomic E-state index is 0.0757. The van der Waals surface area contributed by atoms with Crippen LogP contribution < -0.4 is 0 Å². The Hall–Kier alpha value is -2.32. The van der Waals surface area contributed by atoms with Gasteiger partial charge in [0.2, 0.25) is 11.7 Å². The molecule has 0 atom stereocenters. The Bertz CT molecular complexity index is 989. The van der Waals surface area contributed by atoms with E-state index in [9.17, 15) is 4.79 Å². The van der Waals surface area contributed by atoms with Crippen LogP contribution in [0.3, 0.4) is 0 Å². The molecule has 1 amide bonds. The molecule has 3 aromatic heterocycles.